The Morgan fingerprint density at radius 1 is 1.00 bits per heavy atom. The summed E-state index contributed by atoms with van der Waals surface area (Å²) in [6.45, 7) is 3.90. The van der Waals surface area contributed by atoms with E-state index in [2.05, 4.69) is 10.7 Å². The topological polar surface area (TPSA) is 83.4 Å². The summed E-state index contributed by atoms with van der Waals surface area (Å²) >= 11 is 0. The normalized spacial score (nSPS) is 14.8. The molecule has 0 radical (unpaired) electrons. The molecule has 3 aromatic rings. The molecule has 2 N–H and O–H groups in total. The average Bonchev–Trinajstić information content (AvgIpc) is 3.19. The highest BCUT2D eigenvalue weighted by Gasteiger charge is 2.33. The van der Waals surface area contributed by atoms with Gasteiger partial charge in [-0.2, -0.15) is 0 Å². The fourth-order valence-electron chi connectivity index (χ4n) is 3.50. The minimum Gasteiger partial charge on any atom is -0.303 e. The Kier molecular flexibility index (Phi) is 5.41. The number of carbonyl (C=O) groups is 3. The van der Waals surface area contributed by atoms with Crippen LogP contribution in [0.3, 0.4) is 0 Å². The summed E-state index contributed by atoms with van der Waals surface area (Å²) in [6.07, 6.45) is 1.64. The number of hydrogen-bond acceptors (Lipinski definition) is 3. The molecule has 7 nitrogen and oxygen atoms in total. The summed E-state index contributed by atoms with van der Waals surface area (Å²) in [5.41, 5.74) is 6.77. The first kappa shape index (κ1) is 20.2. The van der Waals surface area contributed by atoms with Crippen molar-refractivity contribution in [3.8, 4) is 0 Å². The van der Waals surface area contributed by atoms with E-state index in [9.17, 15) is 14.4 Å². The molecule has 1 fully saturated rings. The number of carbonyl (C=O) groups excluding carboxylic acids is 3. The maximum Gasteiger partial charge on any atom is 0.329 e. The highest BCUT2D eigenvalue weighted by Crippen LogP contribution is 2.21. The zero-order valence-electron chi connectivity index (χ0n) is 17.3. The first-order chi connectivity index (χ1) is 14.9. The van der Waals surface area contributed by atoms with Crippen molar-refractivity contribution in [2.75, 3.05) is 5.43 Å². The van der Waals surface area contributed by atoms with Crippen LogP contribution in [0.4, 0.5) is 4.79 Å². The number of hydrogen-bond donors (Lipinski definition) is 2. The van der Waals surface area contributed by atoms with Gasteiger partial charge in [0, 0.05) is 17.0 Å². The largest absolute Gasteiger partial charge is 0.329 e. The number of aryl methyl sites for hydroxylation is 1. The van der Waals surface area contributed by atoms with E-state index in [-0.39, 0.29) is 24.1 Å². The lowest BCUT2D eigenvalue weighted by molar-refractivity contribution is -0.123. The lowest BCUT2D eigenvalue weighted by Crippen LogP contribution is -2.30. The summed E-state index contributed by atoms with van der Waals surface area (Å²) in [6, 6.07) is 19.7. The zero-order chi connectivity index (χ0) is 22.0. The summed E-state index contributed by atoms with van der Waals surface area (Å²) < 4.78 is 1.67. The minimum absolute atomic E-state index is 0.203. The first-order valence-electron chi connectivity index (χ1n) is 9.88. The lowest BCUT2D eigenvalue weighted by Gasteiger charge is -2.11. The van der Waals surface area contributed by atoms with Gasteiger partial charge in [-0.15, -0.1) is 0 Å². The van der Waals surface area contributed by atoms with Gasteiger partial charge in [0.25, 0.3) is 11.8 Å². The molecule has 0 aliphatic carbocycles. The average molecular weight is 414 g/mol. The van der Waals surface area contributed by atoms with E-state index < -0.39 is 6.03 Å². The van der Waals surface area contributed by atoms with Gasteiger partial charge in [0.2, 0.25) is 0 Å². The van der Waals surface area contributed by atoms with Crippen LogP contribution < -0.4 is 10.7 Å². The van der Waals surface area contributed by atoms with Gasteiger partial charge >= 0.3 is 6.03 Å². The second-order valence-corrected chi connectivity index (χ2v) is 7.33. The lowest BCUT2D eigenvalue weighted by atomic mass is 10.2. The molecule has 0 atom stereocenters. The van der Waals surface area contributed by atoms with Gasteiger partial charge in [0.1, 0.15) is 5.70 Å². The van der Waals surface area contributed by atoms with Gasteiger partial charge < -0.3 is 5.32 Å². The van der Waals surface area contributed by atoms with Crippen LogP contribution >= 0.6 is 0 Å². The van der Waals surface area contributed by atoms with Gasteiger partial charge in [-0.05, 0) is 49.2 Å². The number of imide groups is 1. The first-order valence-corrected chi connectivity index (χ1v) is 9.88. The predicted molar refractivity (Wildman–Crippen MR) is 118 cm³/mol. The molecular formula is C24H22N4O3. The number of benzene rings is 2. The molecule has 0 bridgehead atoms. The van der Waals surface area contributed by atoms with Crippen LogP contribution in [0.5, 0.6) is 0 Å². The Bertz CT molecular complexity index is 1180. The smallest absolute Gasteiger partial charge is 0.303 e. The van der Waals surface area contributed by atoms with Crippen molar-refractivity contribution < 1.29 is 14.4 Å². The summed E-state index contributed by atoms with van der Waals surface area (Å²) in [5, 5.41) is 2.65. The van der Waals surface area contributed by atoms with Gasteiger partial charge in [0.15, 0.2) is 0 Å². The van der Waals surface area contributed by atoms with E-state index in [4.69, 9.17) is 0 Å². The Labute approximate surface area is 180 Å². The van der Waals surface area contributed by atoms with Gasteiger partial charge in [-0.25, -0.2) is 4.79 Å². The Morgan fingerprint density at radius 3 is 2.32 bits per heavy atom. The van der Waals surface area contributed by atoms with Crippen molar-refractivity contribution in [3.05, 3.63) is 101 Å². The quantitative estimate of drug-likeness (QED) is 0.494. The number of amides is 4. The molecule has 0 unspecified atom stereocenters. The molecule has 4 amide bonds. The van der Waals surface area contributed by atoms with Crippen molar-refractivity contribution in [3.63, 3.8) is 0 Å². The molecule has 1 saturated heterocycles. The maximum absolute atomic E-state index is 12.8. The van der Waals surface area contributed by atoms with Crippen LogP contribution in [-0.4, -0.2) is 27.4 Å². The summed E-state index contributed by atoms with van der Waals surface area (Å²) in [5.74, 6) is -0.618. The Balaban J connectivity index is 1.55. The molecule has 7 heteroatoms. The Hall–Kier alpha value is -4.13. The molecule has 1 aromatic heterocycles. The fraction of sp³-hybridized carbons (Fsp3) is 0.125. The van der Waals surface area contributed by atoms with E-state index >= 15 is 0 Å². The third-order valence-electron chi connectivity index (χ3n) is 5.17. The maximum atomic E-state index is 12.8. The van der Waals surface area contributed by atoms with E-state index in [1.165, 1.54) is 4.90 Å². The number of rotatable bonds is 5. The van der Waals surface area contributed by atoms with Crippen molar-refractivity contribution in [2.45, 2.75) is 20.4 Å². The number of urea groups is 1. The SMILES string of the molecule is Cc1cc(/C=C2\NC(=O)N(Cc3ccccc3)C2=O)c(C)n1NC(=O)c1ccccc1. The van der Waals surface area contributed by atoms with E-state index in [1.807, 2.05) is 56.3 Å². The van der Waals surface area contributed by atoms with Crippen LogP contribution in [-0.2, 0) is 11.3 Å². The van der Waals surface area contributed by atoms with Crippen LogP contribution in [0.25, 0.3) is 6.08 Å². The molecule has 31 heavy (non-hydrogen) atoms. The third-order valence-corrected chi connectivity index (χ3v) is 5.17. The van der Waals surface area contributed by atoms with Crippen molar-refractivity contribution in [2.24, 2.45) is 0 Å². The standard InChI is InChI=1S/C24H22N4O3/c1-16-13-20(17(2)28(16)26-22(29)19-11-7-4-8-12-19)14-21-23(30)27(24(31)25-21)15-18-9-5-3-6-10-18/h3-14H,15H2,1-2H3,(H,25,31)(H,26,29)/b21-14-. The molecule has 0 saturated carbocycles. The molecule has 2 aromatic carbocycles. The molecule has 156 valence electrons. The fourth-order valence-corrected chi connectivity index (χ4v) is 3.50. The zero-order valence-corrected chi connectivity index (χ0v) is 17.3. The molecule has 2 heterocycles. The van der Waals surface area contributed by atoms with Gasteiger partial charge in [-0.3, -0.25) is 24.6 Å². The van der Waals surface area contributed by atoms with Crippen LogP contribution in [0, 0.1) is 13.8 Å². The summed E-state index contributed by atoms with van der Waals surface area (Å²) in [4.78, 5) is 38.8. The molecular weight excluding hydrogens is 392 g/mol. The second kappa shape index (κ2) is 8.31. The van der Waals surface area contributed by atoms with Crippen LogP contribution in [0.15, 0.2) is 72.4 Å². The van der Waals surface area contributed by atoms with Gasteiger partial charge in [0.05, 0.1) is 6.54 Å². The highest BCUT2D eigenvalue weighted by atomic mass is 16.2. The molecule has 1 aliphatic rings. The molecule has 1 aliphatic heterocycles. The predicted octanol–water partition coefficient (Wildman–Crippen LogP) is 3.58. The Morgan fingerprint density at radius 2 is 1.65 bits per heavy atom. The number of aromatic nitrogens is 1. The monoisotopic (exact) mass is 414 g/mol. The highest BCUT2D eigenvalue weighted by molar-refractivity contribution is 6.14. The number of nitrogens with one attached hydrogen (secondary N) is 2. The van der Waals surface area contributed by atoms with E-state index in [0.717, 1.165) is 22.5 Å². The second-order valence-electron chi connectivity index (χ2n) is 7.33. The van der Waals surface area contributed by atoms with Crippen LogP contribution in [0.1, 0.15) is 32.9 Å². The van der Waals surface area contributed by atoms with E-state index in [1.54, 1.807) is 35.0 Å². The third kappa shape index (κ3) is 4.11. The minimum atomic E-state index is -0.453. The van der Waals surface area contributed by atoms with Crippen molar-refractivity contribution in [1.29, 1.82) is 0 Å². The van der Waals surface area contributed by atoms with Crippen molar-refractivity contribution >= 4 is 23.9 Å². The molecule has 0 spiro atoms. The van der Waals surface area contributed by atoms with E-state index in [0.29, 0.717) is 5.56 Å². The van der Waals surface area contributed by atoms with Crippen molar-refractivity contribution in [1.82, 2.24) is 14.9 Å². The van der Waals surface area contributed by atoms with Gasteiger partial charge in [-0.1, -0.05) is 48.5 Å². The summed E-state index contributed by atoms with van der Waals surface area (Å²) in [7, 11) is 0. The number of nitrogens with zero attached hydrogens (tertiary/aromatic N) is 2. The van der Waals surface area contributed by atoms with Crippen LogP contribution in [0.2, 0.25) is 0 Å². The molecule has 4 rings (SSSR count).